The van der Waals surface area contributed by atoms with Crippen molar-refractivity contribution in [1.29, 1.82) is 0 Å². The number of benzene rings is 2. The Balaban J connectivity index is 1.83. The van der Waals surface area contributed by atoms with E-state index >= 15 is 0 Å². The van der Waals surface area contributed by atoms with Gasteiger partial charge in [-0.1, -0.05) is 41.4 Å². The van der Waals surface area contributed by atoms with Crippen LogP contribution in [-0.4, -0.2) is 18.4 Å². The summed E-state index contributed by atoms with van der Waals surface area (Å²) in [6.07, 6.45) is 0. The van der Waals surface area contributed by atoms with Crippen molar-refractivity contribution in [3.05, 3.63) is 69.5 Å². The van der Waals surface area contributed by atoms with E-state index < -0.39 is 17.6 Å². The average Bonchev–Trinajstić information content (AvgIpc) is 2.61. The number of nitrogens with one attached hydrogen (secondary N) is 2. The largest absolute Gasteiger partial charge is 0.332 e. The third kappa shape index (κ3) is 5.42. The van der Waals surface area contributed by atoms with Gasteiger partial charge in [0.25, 0.3) is 11.8 Å². The first-order valence-electron chi connectivity index (χ1n) is 7.50. The van der Waals surface area contributed by atoms with E-state index in [1.165, 1.54) is 12.1 Å². The number of carbonyl (C=O) groups excluding carboxylic acids is 2. The van der Waals surface area contributed by atoms with Gasteiger partial charge in [0.1, 0.15) is 11.9 Å². The molecule has 0 aliphatic carbocycles. The van der Waals surface area contributed by atoms with Crippen molar-refractivity contribution in [3.63, 3.8) is 0 Å². The quantitative estimate of drug-likeness (QED) is 0.546. The fraction of sp³-hybridized carbons (Fsp3) is 0.176. The molecule has 0 radical (unpaired) electrons. The van der Waals surface area contributed by atoms with Crippen molar-refractivity contribution < 1.29 is 19.3 Å². The predicted molar refractivity (Wildman–Crippen MR) is 93.7 cm³/mol. The molecule has 132 valence electrons. The molecule has 0 aliphatic heterocycles. The molecule has 2 aromatic carbocycles. The lowest BCUT2D eigenvalue weighted by atomic mass is 10.1. The first-order valence-corrected chi connectivity index (χ1v) is 8.26. The highest BCUT2D eigenvalue weighted by Crippen LogP contribution is 2.27. The van der Waals surface area contributed by atoms with E-state index in [0.29, 0.717) is 16.1 Å². The number of rotatable bonds is 5. The van der Waals surface area contributed by atoms with Crippen LogP contribution in [0.3, 0.4) is 0 Å². The van der Waals surface area contributed by atoms with Gasteiger partial charge in [0.2, 0.25) is 0 Å². The van der Waals surface area contributed by atoms with Crippen molar-refractivity contribution in [1.82, 2.24) is 10.9 Å². The van der Waals surface area contributed by atoms with Crippen LogP contribution in [0.1, 0.15) is 28.9 Å². The Morgan fingerprint density at radius 1 is 1.12 bits per heavy atom. The molecular weight excluding hydrogens is 368 g/mol. The van der Waals surface area contributed by atoms with Crippen LogP contribution in [0, 0.1) is 5.82 Å². The monoisotopic (exact) mass is 384 g/mol. The maximum absolute atomic E-state index is 13.6. The van der Waals surface area contributed by atoms with Crippen molar-refractivity contribution in [2.45, 2.75) is 13.0 Å². The standard InChI is InChI=1S/C17H16Cl2FN3O2/c1-10(12-7-15(20)14(19)8-13(12)18)21-9-16(24)22-23-17(25)11-5-3-2-4-6-11/h2-8,10,21H,9H2,1H3,(H,22,24)(H,23,25)/p+1/t10-/m1/s1. The predicted octanol–water partition coefficient (Wildman–Crippen LogP) is 2.22. The van der Waals surface area contributed by atoms with Crippen LogP contribution < -0.4 is 16.2 Å². The van der Waals surface area contributed by atoms with E-state index in [-0.39, 0.29) is 17.6 Å². The lowest BCUT2D eigenvalue weighted by Gasteiger charge is -2.13. The zero-order valence-electron chi connectivity index (χ0n) is 13.4. The SMILES string of the molecule is C[C@@H]([NH2+]CC(=O)NNC(=O)c1ccccc1)c1cc(F)c(Cl)cc1Cl. The second-order valence-corrected chi connectivity index (χ2v) is 6.20. The van der Waals surface area contributed by atoms with E-state index in [1.807, 2.05) is 0 Å². The van der Waals surface area contributed by atoms with Crippen LogP contribution in [0.5, 0.6) is 0 Å². The molecule has 0 heterocycles. The number of hydrogen-bond donors (Lipinski definition) is 3. The van der Waals surface area contributed by atoms with Gasteiger partial charge in [-0.2, -0.15) is 0 Å². The van der Waals surface area contributed by atoms with Gasteiger partial charge in [-0.25, -0.2) is 4.39 Å². The lowest BCUT2D eigenvalue weighted by Crippen LogP contribution is -2.87. The topological polar surface area (TPSA) is 74.8 Å². The third-order valence-electron chi connectivity index (χ3n) is 3.54. The summed E-state index contributed by atoms with van der Waals surface area (Å²) in [5, 5.41) is 1.94. The van der Waals surface area contributed by atoms with Crippen molar-refractivity contribution in [3.8, 4) is 0 Å². The zero-order chi connectivity index (χ0) is 18.4. The first-order chi connectivity index (χ1) is 11.9. The number of carbonyl (C=O) groups is 2. The maximum Gasteiger partial charge on any atom is 0.293 e. The van der Waals surface area contributed by atoms with Crippen molar-refractivity contribution >= 4 is 35.0 Å². The van der Waals surface area contributed by atoms with Crippen LogP contribution >= 0.6 is 23.2 Å². The normalized spacial score (nSPS) is 11.7. The van der Waals surface area contributed by atoms with E-state index in [9.17, 15) is 14.0 Å². The summed E-state index contributed by atoms with van der Waals surface area (Å²) in [6, 6.07) is 10.8. The van der Waals surface area contributed by atoms with Crippen LogP contribution in [0.2, 0.25) is 10.0 Å². The van der Waals surface area contributed by atoms with Gasteiger partial charge in [-0.05, 0) is 31.2 Å². The number of hydrogen-bond acceptors (Lipinski definition) is 2. The number of amides is 2. The number of nitrogens with two attached hydrogens (primary N) is 1. The molecule has 0 aliphatic rings. The molecule has 0 bridgehead atoms. The number of halogens is 3. The molecule has 0 spiro atoms. The molecule has 2 amide bonds. The number of quaternary nitrogens is 1. The number of hydrazine groups is 1. The van der Waals surface area contributed by atoms with Gasteiger partial charge in [0.15, 0.2) is 6.54 Å². The van der Waals surface area contributed by atoms with Crippen LogP contribution in [-0.2, 0) is 4.79 Å². The molecule has 4 N–H and O–H groups in total. The molecule has 0 aromatic heterocycles. The summed E-state index contributed by atoms with van der Waals surface area (Å²) >= 11 is 11.7. The smallest absolute Gasteiger partial charge is 0.293 e. The summed E-state index contributed by atoms with van der Waals surface area (Å²) in [5.41, 5.74) is 5.62. The highest BCUT2D eigenvalue weighted by atomic mass is 35.5. The molecule has 0 saturated carbocycles. The van der Waals surface area contributed by atoms with E-state index in [1.54, 1.807) is 42.6 Å². The molecule has 5 nitrogen and oxygen atoms in total. The zero-order valence-corrected chi connectivity index (χ0v) is 14.9. The van der Waals surface area contributed by atoms with E-state index in [0.717, 1.165) is 0 Å². The van der Waals surface area contributed by atoms with Gasteiger partial charge >= 0.3 is 0 Å². The van der Waals surface area contributed by atoms with E-state index in [2.05, 4.69) is 10.9 Å². The molecule has 2 rings (SSSR count). The summed E-state index contributed by atoms with van der Waals surface area (Å²) < 4.78 is 13.6. The second-order valence-electron chi connectivity index (χ2n) is 5.38. The van der Waals surface area contributed by atoms with Crippen LogP contribution in [0.25, 0.3) is 0 Å². The molecule has 0 fully saturated rings. The molecule has 1 atom stereocenters. The van der Waals surface area contributed by atoms with Crippen LogP contribution in [0.4, 0.5) is 4.39 Å². The van der Waals surface area contributed by atoms with Gasteiger partial charge in [0, 0.05) is 11.1 Å². The summed E-state index contributed by atoms with van der Waals surface area (Å²) in [6.45, 7) is 1.81. The Morgan fingerprint density at radius 2 is 1.80 bits per heavy atom. The Morgan fingerprint density at radius 3 is 2.48 bits per heavy atom. The molecular formula is C17H17Cl2FN3O2+. The first kappa shape index (κ1) is 19.2. The Kier molecular flexibility index (Phi) is 6.75. The minimum absolute atomic E-state index is 0.0246. The van der Waals surface area contributed by atoms with Gasteiger partial charge in [-0.3, -0.25) is 20.4 Å². The van der Waals surface area contributed by atoms with Crippen molar-refractivity contribution in [2.75, 3.05) is 6.54 Å². The average molecular weight is 385 g/mol. The Labute approximate surface area is 154 Å². The Bertz CT molecular complexity index is 772. The molecule has 25 heavy (non-hydrogen) atoms. The second kappa shape index (κ2) is 8.80. The summed E-state index contributed by atoms with van der Waals surface area (Å²) in [5.74, 6) is -1.38. The third-order valence-corrected chi connectivity index (χ3v) is 4.16. The van der Waals surface area contributed by atoms with Crippen LogP contribution in [0.15, 0.2) is 42.5 Å². The van der Waals surface area contributed by atoms with Gasteiger partial charge in [-0.15, -0.1) is 0 Å². The highest BCUT2D eigenvalue weighted by molar-refractivity contribution is 6.35. The highest BCUT2D eigenvalue weighted by Gasteiger charge is 2.17. The van der Waals surface area contributed by atoms with E-state index in [4.69, 9.17) is 23.2 Å². The molecule has 8 heteroatoms. The van der Waals surface area contributed by atoms with Gasteiger partial charge < -0.3 is 5.32 Å². The Hall–Kier alpha value is -2.15. The molecule has 0 saturated heterocycles. The maximum atomic E-state index is 13.6. The minimum Gasteiger partial charge on any atom is -0.332 e. The molecule has 0 unspecified atom stereocenters. The molecule has 2 aromatic rings. The summed E-state index contributed by atoms with van der Waals surface area (Å²) in [7, 11) is 0. The van der Waals surface area contributed by atoms with Gasteiger partial charge in [0.05, 0.1) is 10.0 Å². The minimum atomic E-state index is -0.569. The van der Waals surface area contributed by atoms with Crippen molar-refractivity contribution in [2.24, 2.45) is 0 Å². The summed E-state index contributed by atoms with van der Waals surface area (Å²) in [4.78, 5) is 23.7. The lowest BCUT2D eigenvalue weighted by molar-refractivity contribution is -0.682. The fourth-order valence-corrected chi connectivity index (χ4v) is 2.69. The fourth-order valence-electron chi connectivity index (χ4n) is 2.14.